The van der Waals surface area contributed by atoms with Crippen LogP contribution in [0.5, 0.6) is 0 Å². The average Bonchev–Trinajstić information content (AvgIpc) is 2.14. The molecule has 1 aromatic heterocycles. The second-order valence-electron chi connectivity index (χ2n) is 2.78. The number of nitrogens with two attached hydrogens (primary N) is 1. The molecule has 1 aromatic carbocycles. The lowest BCUT2D eigenvalue weighted by molar-refractivity contribution is 0.504. The highest BCUT2D eigenvalue weighted by Gasteiger charge is 2.14. The monoisotopic (exact) mass is 198 g/mol. The van der Waals surface area contributed by atoms with Crippen LogP contribution in [0.25, 0.3) is 10.9 Å². The Kier molecular flexibility index (Phi) is 1.80. The van der Waals surface area contributed by atoms with Crippen LogP contribution in [0.1, 0.15) is 0 Å². The lowest BCUT2D eigenvalue weighted by Gasteiger charge is -2.03. The minimum Gasteiger partial charge on any atom is -0.398 e. The molecule has 0 atom stereocenters. The summed E-state index contributed by atoms with van der Waals surface area (Å²) in [6, 6.07) is 1.78. The van der Waals surface area contributed by atoms with Crippen LogP contribution < -0.4 is 5.73 Å². The van der Waals surface area contributed by atoms with E-state index in [2.05, 4.69) is 4.98 Å². The Bertz CT molecular complexity index is 511. The third kappa shape index (κ3) is 1.09. The first-order valence-corrected chi connectivity index (χ1v) is 3.79. The Hall–Kier alpha value is -1.78. The third-order valence-electron chi connectivity index (χ3n) is 1.89. The van der Waals surface area contributed by atoms with Crippen LogP contribution in [0.15, 0.2) is 18.3 Å². The fraction of sp³-hybridized carbons (Fsp3) is 0. The van der Waals surface area contributed by atoms with Crippen molar-refractivity contribution in [2.24, 2.45) is 0 Å². The fourth-order valence-corrected chi connectivity index (χ4v) is 1.25. The van der Waals surface area contributed by atoms with Gasteiger partial charge in [0.05, 0.1) is 5.39 Å². The average molecular weight is 198 g/mol. The molecule has 0 unspecified atom stereocenters. The van der Waals surface area contributed by atoms with Crippen molar-refractivity contribution < 1.29 is 13.2 Å². The van der Waals surface area contributed by atoms with Gasteiger partial charge in [-0.05, 0) is 6.07 Å². The van der Waals surface area contributed by atoms with Gasteiger partial charge in [0.1, 0.15) is 11.3 Å². The molecule has 2 N–H and O–H groups in total. The van der Waals surface area contributed by atoms with E-state index >= 15 is 0 Å². The van der Waals surface area contributed by atoms with Crippen LogP contribution in [-0.4, -0.2) is 4.98 Å². The Morgan fingerprint density at radius 3 is 2.57 bits per heavy atom. The first-order valence-electron chi connectivity index (χ1n) is 3.79. The molecule has 0 saturated heterocycles. The number of anilines is 1. The van der Waals surface area contributed by atoms with Crippen molar-refractivity contribution in [1.82, 2.24) is 4.98 Å². The number of pyridine rings is 1. The molecule has 0 amide bonds. The van der Waals surface area contributed by atoms with Gasteiger partial charge in [-0.15, -0.1) is 0 Å². The smallest absolute Gasteiger partial charge is 0.185 e. The molecule has 5 heteroatoms. The SMILES string of the molecule is Nc1ccnc2c(F)c(F)cc(F)c12. The van der Waals surface area contributed by atoms with Crippen molar-refractivity contribution in [1.29, 1.82) is 0 Å². The number of hydrogen-bond acceptors (Lipinski definition) is 2. The predicted octanol–water partition coefficient (Wildman–Crippen LogP) is 2.23. The molecular formula is C9H5F3N2. The summed E-state index contributed by atoms with van der Waals surface area (Å²) in [5.41, 5.74) is 5.05. The maximum atomic E-state index is 13.2. The van der Waals surface area contributed by atoms with Gasteiger partial charge < -0.3 is 5.73 Å². The summed E-state index contributed by atoms with van der Waals surface area (Å²) in [6.07, 6.45) is 1.19. The van der Waals surface area contributed by atoms with Gasteiger partial charge in [0.2, 0.25) is 0 Å². The highest BCUT2D eigenvalue weighted by molar-refractivity contribution is 5.90. The number of rotatable bonds is 0. The molecule has 0 aliphatic carbocycles. The van der Waals surface area contributed by atoms with Crippen LogP contribution in [0.4, 0.5) is 18.9 Å². The number of halogens is 3. The van der Waals surface area contributed by atoms with Crippen molar-refractivity contribution in [2.45, 2.75) is 0 Å². The summed E-state index contributed by atoms with van der Waals surface area (Å²) in [7, 11) is 0. The molecule has 0 aliphatic heterocycles. The van der Waals surface area contributed by atoms with Gasteiger partial charge in [-0.2, -0.15) is 0 Å². The lowest BCUT2D eigenvalue weighted by atomic mass is 10.1. The molecule has 0 radical (unpaired) electrons. The molecule has 14 heavy (non-hydrogen) atoms. The summed E-state index contributed by atoms with van der Waals surface area (Å²) in [4.78, 5) is 3.53. The Labute approximate surface area is 77.2 Å². The highest BCUT2D eigenvalue weighted by atomic mass is 19.2. The molecule has 2 aromatic rings. The first-order chi connectivity index (χ1) is 6.61. The molecule has 1 heterocycles. The van der Waals surface area contributed by atoms with Crippen molar-refractivity contribution >= 4 is 16.6 Å². The molecule has 2 rings (SSSR count). The van der Waals surface area contributed by atoms with Gasteiger partial charge in [0, 0.05) is 18.0 Å². The number of fused-ring (bicyclic) bond motifs is 1. The number of hydrogen-bond donors (Lipinski definition) is 1. The topological polar surface area (TPSA) is 38.9 Å². The normalized spacial score (nSPS) is 10.8. The predicted molar refractivity (Wildman–Crippen MR) is 46.0 cm³/mol. The second-order valence-corrected chi connectivity index (χ2v) is 2.78. The molecule has 0 bridgehead atoms. The van der Waals surface area contributed by atoms with E-state index in [-0.39, 0.29) is 16.6 Å². The summed E-state index contributed by atoms with van der Waals surface area (Å²) in [5.74, 6) is -3.37. The van der Waals surface area contributed by atoms with E-state index in [1.165, 1.54) is 12.3 Å². The largest absolute Gasteiger partial charge is 0.398 e. The first kappa shape index (κ1) is 8.80. The Balaban J connectivity index is 3.02. The van der Waals surface area contributed by atoms with E-state index in [0.29, 0.717) is 6.07 Å². The minimum absolute atomic E-state index is 0.0337. The quantitative estimate of drug-likeness (QED) is 0.659. The fourth-order valence-electron chi connectivity index (χ4n) is 1.25. The number of aromatic nitrogens is 1. The molecule has 0 spiro atoms. The van der Waals surface area contributed by atoms with Crippen LogP contribution in [0.2, 0.25) is 0 Å². The molecule has 0 aliphatic rings. The van der Waals surface area contributed by atoms with Crippen LogP contribution in [0, 0.1) is 17.5 Å². The van der Waals surface area contributed by atoms with E-state index in [4.69, 9.17) is 5.73 Å². The van der Waals surface area contributed by atoms with Crippen molar-refractivity contribution in [3.8, 4) is 0 Å². The van der Waals surface area contributed by atoms with Crippen molar-refractivity contribution in [3.05, 3.63) is 35.8 Å². The van der Waals surface area contributed by atoms with Crippen molar-refractivity contribution in [2.75, 3.05) is 5.73 Å². The summed E-state index contributed by atoms with van der Waals surface area (Å²) in [5, 5.41) is -0.189. The number of nitrogen functional groups attached to an aromatic ring is 1. The van der Waals surface area contributed by atoms with Crippen molar-refractivity contribution in [3.63, 3.8) is 0 Å². The van der Waals surface area contributed by atoms with Gasteiger partial charge in [0.15, 0.2) is 11.6 Å². The maximum absolute atomic E-state index is 13.2. The zero-order valence-corrected chi connectivity index (χ0v) is 6.89. The Morgan fingerprint density at radius 1 is 1.14 bits per heavy atom. The standard InChI is InChI=1S/C9H5F3N2/c10-4-3-5(11)8(12)9-7(4)6(13)1-2-14-9/h1-3H,(H2,13,14). The molecule has 0 saturated carbocycles. The number of benzene rings is 1. The zero-order chi connectivity index (χ0) is 10.3. The Morgan fingerprint density at radius 2 is 1.86 bits per heavy atom. The van der Waals surface area contributed by atoms with Gasteiger partial charge >= 0.3 is 0 Å². The third-order valence-corrected chi connectivity index (χ3v) is 1.89. The lowest BCUT2D eigenvalue weighted by Crippen LogP contribution is -1.97. The van der Waals surface area contributed by atoms with Gasteiger partial charge in [0.25, 0.3) is 0 Å². The molecular weight excluding hydrogens is 193 g/mol. The van der Waals surface area contributed by atoms with E-state index in [0.717, 1.165) is 0 Å². The van der Waals surface area contributed by atoms with Gasteiger partial charge in [-0.25, -0.2) is 13.2 Å². The molecule has 72 valence electrons. The second kappa shape index (κ2) is 2.87. The van der Waals surface area contributed by atoms with E-state index in [1.54, 1.807) is 0 Å². The highest BCUT2D eigenvalue weighted by Crippen LogP contribution is 2.25. The summed E-state index contributed by atoms with van der Waals surface area (Å²) in [6.45, 7) is 0. The van der Waals surface area contributed by atoms with E-state index < -0.39 is 17.5 Å². The molecule has 2 nitrogen and oxygen atoms in total. The maximum Gasteiger partial charge on any atom is 0.185 e. The zero-order valence-electron chi connectivity index (χ0n) is 6.89. The van der Waals surface area contributed by atoms with E-state index in [1.807, 2.05) is 0 Å². The van der Waals surface area contributed by atoms with E-state index in [9.17, 15) is 13.2 Å². The number of nitrogens with zero attached hydrogens (tertiary/aromatic N) is 1. The van der Waals surface area contributed by atoms with Gasteiger partial charge in [-0.3, -0.25) is 4.98 Å². The van der Waals surface area contributed by atoms with Crippen LogP contribution >= 0.6 is 0 Å². The summed E-state index contributed by atoms with van der Waals surface area (Å²) >= 11 is 0. The summed E-state index contributed by atoms with van der Waals surface area (Å²) < 4.78 is 39.0. The minimum atomic E-state index is -1.27. The van der Waals surface area contributed by atoms with Crippen LogP contribution in [0.3, 0.4) is 0 Å². The molecule has 0 fully saturated rings. The van der Waals surface area contributed by atoms with Crippen LogP contribution in [-0.2, 0) is 0 Å². The van der Waals surface area contributed by atoms with Gasteiger partial charge in [-0.1, -0.05) is 0 Å².